The number of alkyl halides is 3. The molecule has 2 fully saturated rings. The van der Waals surface area contributed by atoms with Gasteiger partial charge in [0.1, 0.15) is 5.54 Å². The third kappa shape index (κ3) is 1.84. The van der Waals surface area contributed by atoms with Crippen molar-refractivity contribution < 1.29 is 13.2 Å². The van der Waals surface area contributed by atoms with Gasteiger partial charge in [-0.25, -0.2) is 0 Å². The van der Waals surface area contributed by atoms with Crippen molar-refractivity contribution in [2.75, 3.05) is 19.6 Å². The number of piperazine rings is 1. The van der Waals surface area contributed by atoms with Gasteiger partial charge < -0.3 is 5.32 Å². The molecule has 0 bridgehead atoms. The molecule has 1 unspecified atom stereocenters. The molecule has 16 heavy (non-hydrogen) atoms. The van der Waals surface area contributed by atoms with Crippen molar-refractivity contribution in [3.05, 3.63) is 0 Å². The zero-order chi connectivity index (χ0) is 12.0. The first-order chi connectivity index (χ1) is 7.38. The quantitative estimate of drug-likeness (QED) is 0.789. The van der Waals surface area contributed by atoms with E-state index in [1.54, 1.807) is 4.90 Å². The van der Waals surface area contributed by atoms with Crippen LogP contribution in [0.3, 0.4) is 0 Å². The summed E-state index contributed by atoms with van der Waals surface area (Å²) in [5.41, 5.74) is -1.50. The largest absolute Gasteiger partial charge is 0.406 e. The summed E-state index contributed by atoms with van der Waals surface area (Å²) >= 11 is 0. The van der Waals surface area contributed by atoms with Crippen LogP contribution in [0.15, 0.2) is 0 Å². The van der Waals surface area contributed by atoms with E-state index in [1.165, 1.54) is 0 Å². The third-order valence-corrected chi connectivity index (χ3v) is 3.85. The second-order valence-electron chi connectivity index (χ2n) is 5.24. The van der Waals surface area contributed by atoms with Crippen molar-refractivity contribution in [3.63, 3.8) is 0 Å². The lowest BCUT2D eigenvalue weighted by Crippen LogP contribution is -2.62. The van der Waals surface area contributed by atoms with E-state index in [0.29, 0.717) is 19.6 Å². The summed E-state index contributed by atoms with van der Waals surface area (Å²) in [6.07, 6.45) is -3.52. The molecule has 1 atom stereocenters. The number of nitrogens with zero attached hydrogens (tertiary/aromatic N) is 1. The molecule has 2 aliphatic rings. The van der Waals surface area contributed by atoms with Crippen LogP contribution in [0.5, 0.6) is 0 Å². The molecule has 0 aromatic heterocycles. The van der Waals surface area contributed by atoms with Crippen molar-refractivity contribution >= 4 is 0 Å². The highest BCUT2D eigenvalue weighted by atomic mass is 19.4. The molecular weight excluding hydrogens is 217 g/mol. The van der Waals surface area contributed by atoms with Crippen LogP contribution >= 0.6 is 0 Å². The van der Waals surface area contributed by atoms with Crippen LogP contribution in [-0.2, 0) is 0 Å². The van der Waals surface area contributed by atoms with E-state index in [9.17, 15) is 13.2 Å². The van der Waals surface area contributed by atoms with Gasteiger partial charge in [0.2, 0.25) is 0 Å². The summed E-state index contributed by atoms with van der Waals surface area (Å²) in [5.74, 6) is 0.257. The van der Waals surface area contributed by atoms with Crippen LogP contribution in [0.1, 0.15) is 26.7 Å². The molecule has 1 saturated carbocycles. The predicted molar refractivity (Wildman–Crippen MR) is 56.2 cm³/mol. The molecule has 0 aromatic rings. The average Bonchev–Trinajstić information content (AvgIpc) is 2.97. The van der Waals surface area contributed by atoms with Crippen LogP contribution < -0.4 is 5.32 Å². The van der Waals surface area contributed by atoms with Crippen LogP contribution in [0.25, 0.3) is 0 Å². The molecule has 1 saturated heterocycles. The van der Waals surface area contributed by atoms with E-state index in [-0.39, 0.29) is 24.8 Å². The molecule has 0 radical (unpaired) electrons. The van der Waals surface area contributed by atoms with Gasteiger partial charge in [0.05, 0.1) is 0 Å². The van der Waals surface area contributed by atoms with Gasteiger partial charge in [-0.05, 0) is 18.8 Å². The molecule has 0 amide bonds. The average molecular weight is 236 g/mol. The number of halogens is 3. The first kappa shape index (κ1) is 12.2. The van der Waals surface area contributed by atoms with Crippen LogP contribution in [0.2, 0.25) is 0 Å². The summed E-state index contributed by atoms with van der Waals surface area (Å²) in [5, 5.41) is 3.19. The highest BCUT2D eigenvalue weighted by Gasteiger charge is 2.67. The zero-order valence-corrected chi connectivity index (χ0v) is 9.77. The van der Waals surface area contributed by atoms with E-state index < -0.39 is 11.7 Å². The molecule has 1 N–H and O–H groups in total. The second kappa shape index (κ2) is 3.88. The van der Waals surface area contributed by atoms with Crippen molar-refractivity contribution in [2.24, 2.45) is 5.92 Å². The predicted octanol–water partition coefficient (Wildman–Crippen LogP) is 2.01. The molecule has 1 aliphatic carbocycles. The third-order valence-electron chi connectivity index (χ3n) is 3.85. The maximum Gasteiger partial charge on any atom is 0.406 e. The minimum absolute atomic E-state index is 0.0119. The summed E-state index contributed by atoms with van der Waals surface area (Å²) in [6, 6.07) is 0.0119. The van der Waals surface area contributed by atoms with Gasteiger partial charge in [-0.1, -0.05) is 13.8 Å². The fraction of sp³-hybridized carbons (Fsp3) is 1.00. The molecule has 0 aromatic carbocycles. The maximum atomic E-state index is 13.1. The van der Waals surface area contributed by atoms with Gasteiger partial charge in [-0.3, -0.25) is 4.90 Å². The van der Waals surface area contributed by atoms with Gasteiger partial charge in [0.25, 0.3) is 0 Å². The fourth-order valence-corrected chi connectivity index (χ4v) is 2.70. The SMILES string of the molecule is CC(C)C1CNCCN1C1(C(F)(F)F)CC1. The first-order valence-electron chi connectivity index (χ1n) is 5.93. The normalized spacial score (nSPS) is 30.8. The van der Waals surface area contributed by atoms with Crippen LogP contribution in [0, 0.1) is 5.92 Å². The van der Waals surface area contributed by atoms with E-state index in [0.717, 1.165) is 0 Å². The Morgan fingerprint density at radius 3 is 2.38 bits per heavy atom. The lowest BCUT2D eigenvalue weighted by atomic mass is 9.97. The monoisotopic (exact) mass is 236 g/mol. The van der Waals surface area contributed by atoms with Gasteiger partial charge in [-0.2, -0.15) is 13.2 Å². The Morgan fingerprint density at radius 1 is 1.31 bits per heavy atom. The number of hydrogen-bond donors (Lipinski definition) is 1. The van der Waals surface area contributed by atoms with Crippen molar-refractivity contribution in [2.45, 2.75) is 44.4 Å². The van der Waals surface area contributed by atoms with Crippen molar-refractivity contribution in [3.8, 4) is 0 Å². The summed E-state index contributed by atoms with van der Waals surface area (Å²) in [4.78, 5) is 1.70. The molecule has 1 heterocycles. The molecule has 5 heteroatoms. The Labute approximate surface area is 94.2 Å². The van der Waals surface area contributed by atoms with Gasteiger partial charge in [-0.15, -0.1) is 0 Å². The van der Waals surface area contributed by atoms with Crippen LogP contribution in [0.4, 0.5) is 13.2 Å². The Balaban J connectivity index is 2.18. The Kier molecular flexibility index (Phi) is 2.95. The summed E-state index contributed by atoms with van der Waals surface area (Å²) in [7, 11) is 0. The first-order valence-corrected chi connectivity index (χ1v) is 5.93. The lowest BCUT2D eigenvalue weighted by Gasteiger charge is -2.44. The molecule has 2 rings (SSSR count). The molecule has 0 spiro atoms. The Bertz CT molecular complexity index is 258. The number of rotatable bonds is 2. The number of hydrogen-bond acceptors (Lipinski definition) is 2. The standard InChI is InChI=1S/C11H19F3N2/c1-8(2)9-7-15-5-6-16(9)10(3-4-10)11(12,13)14/h8-9,15H,3-7H2,1-2H3. The van der Waals surface area contributed by atoms with Crippen molar-refractivity contribution in [1.82, 2.24) is 10.2 Å². The van der Waals surface area contributed by atoms with E-state index in [4.69, 9.17) is 0 Å². The topological polar surface area (TPSA) is 15.3 Å². The minimum Gasteiger partial charge on any atom is -0.314 e. The number of nitrogens with one attached hydrogen (secondary N) is 1. The van der Waals surface area contributed by atoms with Gasteiger partial charge in [0.15, 0.2) is 0 Å². The highest BCUT2D eigenvalue weighted by Crippen LogP contribution is 2.54. The maximum absolute atomic E-state index is 13.1. The molecule has 94 valence electrons. The Hall–Kier alpha value is -0.290. The van der Waals surface area contributed by atoms with Gasteiger partial charge >= 0.3 is 6.18 Å². The van der Waals surface area contributed by atoms with Crippen molar-refractivity contribution in [1.29, 1.82) is 0 Å². The van der Waals surface area contributed by atoms with E-state index in [1.807, 2.05) is 13.8 Å². The molecule has 1 aliphatic heterocycles. The van der Waals surface area contributed by atoms with E-state index >= 15 is 0 Å². The van der Waals surface area contributed by atoms with Gasteiger partial charge in [0, 0.05) is 25.7 Å². The smallest absolute Gasteiger partial charge is 0.314 e. The fourth-order valence-electron chi connectivity index (χ4n) is 2.70. The lowest BCUT2D eigenvalue weighted by molar-refractivity contribution is -0.206. The highest BCUT2D eigenvalue weighted by molar-refractivity contribution is 5.12. The second-order valence-corrected chi connectivity index (χ2v) is 5.24. The zero-order valence-electron chi connectivity index (χ0n) is 9.77. The van der Waals surface area contributed by atoms with E-state index in [2.05, 4.69) is 5.32 Å². The van der Waals surface area contributed by atoms with Crippen LogP contribution in [-0.4, -0.2) is 42.3 Å². The molecule has 2 nitrogen and oxygen atoms in total. The Morgan fingerprint density at radius 2 is 1.94 bits per heavy atom. The summed E-state index contributed by atoms with van der Waals surface area (Å²) < 4.78 is 39.2. The minimum atomic E-state index is -4.07. The summed E-state index contributed by atoms with van der Waals surface area (Å²) in [6.45, 7) is 5.85. The molecular formula is C11H19F3N2.